The maximum absolute atomic E-state index is 13.8. The highest BCUT2D eigenvalue weighted by Crippen LogP contribution is 2.30. The molecule has 1 aromatic carbocycles. The summed E-state index contributed by atoms with van der Waals surface area (Å²) < 4.78 is 27.5. The van der Waals surface area contributed by atoms with Crippen LogP contribution in [0.25, 0.3) is 0 Å². The highest BCUT2D eigenvalue weighted by molar-refractivity contribution is 5.21. The summed E-state index contributed by atoms with van der Waals surface area (Å²) in [7, 11) is 0. The van der Waals surface area contributed by atoms with Gasteiger partial charge in [-0.15, -0.1) is 0 Å². The second-order valence-corrected chi connectivity index (χ2v) is 5.51. The zero-order chi connectivity index (χ0) is 13.7. The Morgan fingerprint density at radius 2 is 1.84 bits per heavy atom. The minimum atomic E-state index is -0.415. The highest BCUT2D eigenvalue weighted by Gasteiger charge is 2.26. The monoisotopic (exact) mass is 267 g/mol. The summed E-state index contributed by atoms with van der Waals surface area (Å²) in [4.78, 5) is 0. The number of nitrogens with one attached hydrogen (secondary N) is 1. The van der Waals surface area contributed by atoms with Crippen LogP contribution in [0.2, 0.25) is 0 Å². The van der Waals surface area contributed by atoms with Crippen LogP contribution in [0.3, 0.4) is 0 Å². The van der Waals surface area contributed by atoms with Crippen LogP contribution in [0.4, 0.5) is 8.78 Å². The van der Waals surface area contributed by atoms with Gasteiger partial charge >= 0.3 is 0 Å². The SMILES string of the molecule is CCCNC(Cc1c(F)cccc1F)C1CCCC1. The molecule has 0 amide bonds. The molecule has 1 unspecified atom stereocenters. The first-order valence-corrected chi connectivity index (χ1v) is 7.38. The van der Waals surface area contributed by atoms with Crippen LogP contribution in [0.5, 0.6) is 0 Å². The molecule has 1 aliphatic rings. The third-order valence-corrected chi connectivity index (χ3v) is 4.11. The van der Waals surface area contributed by atoms with E-state index < -0.39 is 11.6 Å². The van der Waals surface area contributed by atoms with Gasteiger partial charge < -0.3 is 5.32 Å². The molecular formula is C16H23F2N. The molecule has 106 valence electrons. The largest absolute Gasteiger partial charge is 0.313 e. The number of hydrogen-bond donors (Lipinski definition) is 1. The lowest BCUT2D eigenvalue weighted by molar-refractivity contribution is 0.349. The van der Waals surface area contributed by atoms with Crippen molar-refractivity contribution in [3.63, 3.8) is 0 Å². The van der Waals surface area contributed by atoms with Crippen LogP contribution in [0.15, 0.2) is 18.2 Å². The summed E-state index contributed by atoms with van der Waals surface area (Å²) in [6.07, 6.45) is 6.35. The Kier molecular flexibility index (Phi) is 5.32. The topological polar surface area (TPSA) is 12.0 Å². The van der Waals surface area contributed by atoms with E-state index in [0.29, 0.717) is 12.3 Å². The molecule has 2 rings (SSSR count). The second-order valence-electron chi connectivity index (χ2n) is 5.51. The smallest absolute Gasteiger partial charge is 0.129 e. The first-order chi connectivity index (χ1) is 9.22. The van der Waals surface area contributed by atoms with Gasteiger partial charge in [0.05, 0.1) is 0 Å². The molecule has 1 saturated carbocycles. The molecule has 1 nitrogen and oxygen atoms in total. The maximum Gasteiger partial charge on any atom is 0.129 e. The van der Waals surface area contributed by atoms with Crippen LogP contribution in [-0.2, 0) is 6.42 Å². The molecule has 0 heterocycles. The van der Waals surface area contributed by atoms with Gasteiger partial charge in [0.1, 0.15) is 11.6 Å². The van der Waals surface area contributed by atoms with Crippen molar-refractivity contribution in [3.05, 3.63) is 35.4 Å². The molecule has 3 heteroatoms. The van der Waals surface area contributed by atoms with Gasteiger partial charge in [0.25, 0.3) is 0 Å². The minimum Gasteiger partial charge on any atom is -0.313 e. The van der Waals surface area contributed by atoms with Crippen LogP contribution in [0, 0.1) is 17.6 Å². The lowest BCUT2D eigenvalue weighted by atomic mass is 9.91. The average molecular weight is 267 g/mol. The molecule has 1 N–H and O–H groups in total. The van der Waals surface area contributed by atoms with Crippen molar-refractivity contribution >= 4 is 0 Å². The zero-order valence-corrected chi connectivity index (χ0v) is 11.6. The lowest BCUT2D eigenvalue weighted by Crippen LogP contribution is -2.38. The molecule has 1 atom stereocenters. The molecule has 0 radical (unpaired) electrons. The summed E-state index contributed by atoms with van der Waals surface area (Å²) in [5.74, 6) is -0.270. The lowest BCUT2D eigenvalue weighted by Gasteiger charge is -2.25. The van der Waals surface area contributed by atoms with Gasteiger partial charge in [-0.25, -0.2) is 8.78 Å². The Morgan fingerprint density at radius 3 is 2.42 bits per heavy atom. The van der Waals surface area contributed by atoms with E-state index >= 15 is 0 Å². The number of rotatable bonds is 6. The summed E-state index contributed by atoms with van der Waals surface area (Å²) in [6.45, 7) is 3.03. The highest BCUT2D eigenvalue weighted by atomic mass is 19.1. The molecular weight excluding hydrogens is 244 g/mol. The van der Waals surface area contributed by atoms with Gasteiger partial charge in [-0.3, -0.25) is 0 Å². The Morgan fingerprint density at radius 1 is 1.21 bits per heavy atom. The van der Waals surface area contributed by atoms with Crippen LogP contribution >= 0.6 is 0 Å². The molecule has 19 heavy (non-hydrogen) atoms. The van der Waals surface area contributed by atoms with E-state index in [9.17, 15) is 8.78 Å². The summed E-state index contributed by atoms with van der Waals surface area (Å²) in [6, 6.07) is 4.33. The third kappa shape index (κ3) is 3.75. The quantitative estimate of drug-likeness (QED) is 0.819. The number of halogens is 2. The van der Waals surface area contributed by atoms with E-state index in [0.717, 1.165) is 13.0 Å². The minimum absolute atomic E-state index is 0.203. The van der Waals surface area contributed by atoms with Crippen molar-refractivity contribution in [1.82, 2.24) is 5.32 Å². The van der Waals surface area contributed by atoms with Gasteiger partial charge in [-0.05, 0) is 50.3 Å². The number of hydrogen-bond acceptors (Lipinski definition) is 1. The third-order valence-electron chi connectivity index (χ3n) is 4.11. The van der Waals surface area contributed by atoms with E-state index in [2.05, 4.69) is 12.2 Å². The van der Waals surface area contributed by atoms with Gasteiger partial charge in [-0.2, -0.15) is 0 Å². The molecule has 1 aliphatic carbocycles. The van der Waals surface area contributed by atoms with Gasteiger partial charge in [0.15, 0.2) is 0 Å². The van der Waals surface area contributed by atoms with E-state index in [4.69, 9.17) is 0 Å². The summed E-state index contributed by atoms with van der Waals surface area (Å²) in [5, 5.41) is 3.48. The Hall–Kier alpha value is -0.960. The maximum atomic E-state index is 13.8. The van der Waals surface area contributed by atoms with Crippen LogP contribution in [-0.4, -0.2) is 12.6 Å². The second kappa shape index (κ2) is 6.99. The van der Waals surface area contributed by atoms with E-state index in [1.54, 1.807) is 0 Å². The zero-order valence-electron chi connectivity index (χ0n) is 11.6. The molecule has 1 aromatic rings. The molecule has 0 saturated heterocycles. The van der Waals surface area contributed by atoms with Gasteiger partial charge in [-0.1, -0.05) is 25.8 Å². The summed E-state index contributed by atoms with van der Waals surface area (Å²) in [5.41, 5.74) is 0.239. The van der Waals surface area contributed by atoms with Gasteiger partial charge in [0, 0.05) is 11.6 Å². The van der Waals surface area contributed by atoms with Crippen molar-refractivity contribution in [2.45, 2.75) is 51.5 Å². The Bertz CT molecular complexity index is 379. The van der Waals surface area contributed by atoms with Crippen LogP contribution in [0.1, 0.15) is 44.6 Å². The fraction of sp³-hybridized carbons (Fsp3) is 0.625. The van der Waals surface area contributed by atoms with Gasteiger partial charge in [0.2, 0.25) is 0 Å². The van der Waals surface area contributed by atoms with Crippen molar-refractivity contribution in [3.8, 4) is 0 Å². The molecule has 0 spiro atoms. The normalized spacial score (nSPS) is 17.8. The predicted octanol–water partition coefficient (Wildman–Crippen LogP) is 4.07. The molecule has 0 aromatic heterocycles. The molecule has 0 aliphatic heterocycles. The van der Waals surface area contributed by atoms with Crippen molar-refractivity contribution < 1.29 is 8.78 Å². The first-order valence-electron chi connectivity index (χ1n) is 7.38. The van der Waals surface area contributed by atoms with Crippen LogP contribution < -0.4 is 5.32 Å². The van der Waals surface area contributed by atoms with E-state index in [-0.39, 0.29) is 11.6 Å². The molecule has 1 fully saturated rings. The van der Waals surface area contributed by atoms with Crippen molar-refractivity contribution in [1.29, 1.82) is 0 Å². The fourth-order valence-corrected chi connectivity index (χ4v) is 3.04. The molecule has 0 bridgehead atoms. The van der Waals surface area contributed by atoms with E-state index in [1.165, 1.54) is 43.9 Å². The predicted molar refractivity (Wildman–Crippen MR) is 74.1 cm³/mol. The first kappa shape index (κ1) is 14.4. The Balaban J connectivity index is 2.10. The number of benzene rings is 1. The summed E-state index contributed by atoms with van der Waals surface area (Å²) >= 11 is 0. The average Bonchev–Trinajstić information content (AvgIpc) is 2.91. The van der Waals surface area contributed by atoms with Crippen molar-refractivity contribution in [2.24, 2.45) is 5.92 Å². The fourth-order valence-electron chi connectivity index (χ4n) is 3.04. The standard InChI is InChI=1S/C16H23F2N/c1-2-10-19-16(12-6-3-4-7-12)11-13-14(17)8-5-9-15(13)18/h5,8-9,12,16,19H,2-4,6-7,10-11H2,1H3. The van der Waals surface area contributed by atoms with E-state index in [1.807, 2.05) is 0 Å². The van der Waals surface area contributed by atoms with Crippen molar-refractivity contribution in [2.75, 3.05) is 6.54 Å². The Labute approximate surface area is 114 Å².